The fourth-order valence-electron chi connectivity index (χ4n) is 4.49. The molecule has 3 nitrogen and oxygen atoms in total. The number of aromatic amines is 1. The van der Waals surface area contributed by atoms with Gasteiger partial charge in [-0.25, -0.2) is 0 Å². The number of nitrogens with zero attached hydrogens (tertiary/aromatic N) is 2. The average molecular weight is 376 g/mol. The molecule has 0 spiro atoms. The van der Waals surface area contributed by atoms with Crippen molar-refractivity contribution in [3.8, 4) is 22.4 Å². The van der Waals surface area contributed by atoms with Crippen molar-refractivity contribution in [1.82, 2.24) is 14.9 Å². The van der Waals surface area contributed by atoms with E-state index in [1.54, 1.807) is 0 Å². The second-order valence-electron chi connectivity index (χ2n) is 7.39. The predicted octanol–water partition coefficient (Wildman–Crippen LogP) is 5.65. The first kappa shape index (κ1) is 16.8. The number of hydrogen-bond acceptors (Lipinski definition) is 2. The maximum Gasteiger partial charge on any atom is 0.0540 e. The molecular weight excluding hydrogens is 354 g/mol. The summed E-state index contributed by atoms with van der Waals surface area (Å²) in [5.41, 5.74) is 7.42. The third-order valence-corrected chi connectivity index (χ3v) is 6.02. The third kappa shape index (κ3) is 3.11. The van der Waals surface area contributed by atoms with Gasteiger partial charge in [0, 0.05) is 52.9 Å². The first-order chi connectivity index (χ1) is 13.3. The normalized spacial score (nSPS) is 19.7. The van der Waals surface area contributed by atoms with E-state index in [0.717, 1.165) is 29.2 Å². The van der Waals surface area contributed by atoms with Gasteiger partial charge in [-0.05, 0) is 61.2 Å². The minimum atomic E-state index is 0.601. The van der Waals surface area contributed by atoms with Crippen molar-refractivity contribution in [3.63, 3.8) is 0 Å². The van der Waals surface area contributed by atoms with Crippen molar-refractivity contribution in [1.29, 1.82) is 0 Å². The summed E-state index contributed by atoms with van der Waals surface area (Å²) < 4.78 is 0. The SMILES string of the molecule is Clc1cccc(-c2[nH]cc(C3=C[C@@H]4CCCN4CC3)c2-c2ccncc2)c1. The molecule has 0 bridgehead atoms. The molecule has 2 aliphatic rings. The monoisotopic (exact) mass is 375 g/mol. The molecule has 0 amide bonds. The van der Waals surface area contributed by atoms with Crippen LogP contribution in [0.25, 0.3) is 28.0 Å². The Morgan fingerprint density at radius 2 is 1.96 bits per heavy atom. The molecule has 1 fully saturated rings. The Kier molecular flexibility index (Phi) is 4.35. The molecular formula is C23H22ClN3. The fraction of sp³-hybridized carbons (Fsp3) is 0.261. The van der Waals surface area contributed by atoms with E-state index in [-0.39, 0.29) is 0 Å². The number of benzene rings is 1. The lowest BCUT2D eigenvalue weighted by Gasteiger charge is -2.28. The van der Waals surface area contributed by atoms with Crippen LogP contribution in [0.4, 0.5) is 0 Å². The number of fused-ring (bicyclic) bond motifs is 1. The molecule has 0 radical (unpaired) electrons. The summed E-state index contributed by atoms with van der Waals surface area (Å²) >= 11 is 6.27. The molecule has 4 heteroatoms. The molecule has 0 aliphatic carbocycles. The number of rotatable bonds is 3. The number of hydrogen-bond donors (Lipinski definition) is 1. The van der Waals surface area contributed by atoms with Crippen LogP contribution in [0.2, 0.25) is 5.02 Å². The Morgan fingerprint density at radius 1 is 1.07 bits per heavy atom. The Labute approximate surface area is 164 Å². The number of pyridine rings is 1. The lowest BCUT2D eigenvalue weighted by Crippen LogP contribution is -2.32. The molecule has 136 valence electrons. The highest BCUT2D eigenvalue weighted by atomic mass is 35.5. The van der Waals surface area contributed by atoms with Crippen molar-refractivity contribution < 1.29 is 0 Å². The van der Waals surface area contributed by atoms with Gasteiger partial charge in [0.25, 0.3) is 0 Å². The summed E-state index contributed by atoms with van der Waals surface area (Å²) in [5.74, 6) is 0. The second-order valence-corrected chi connectivity index (χ2v) is 7.82. The Morgan fingerprint density at radius 3 is 2.81 bits per heavy atom. The highest BCUT2D eigenvalue weighted by molar-refractivity contribution is 6.30. The zero-order valence-electron chi connectivity index (χ0n) is 15.2. The van der Waals surface area contributed by atoms with E-state index >= 15 is 0 Å². The van der Waals surface area contributed by atoms with Gasteiger partial charge in [0.1, 0.15) is 0 Å². The molecule has 1 N–H and O–H groups in total. The molecule has 2 aromatic heterocycles. The van der Waals surface area contributed by atoms with Crippen LogP contribution in [0.3, 0.4) is 0 Å². The van der Waals surface area contributed by atoms with Gasteiger partial charge in [-0.1, -0.05) is 29.8 Å². The first-order valence-corrected chi connectivity index (χ1v) is 10.0. The third-order valence-electron chi connectivity index (χ3n) is 5.78. The minimum Gasteiger partial charge on any atom is -0.360 e. The van der Waals surface area contributed by atoms with Crippen LogP contribution in [-0.2, 0) is 0 Å². The standard InChI is InChI=1S/C23H22ClN3/c24-19-4-1-3-18(13-19)23-22(16-6-9-25-10-7-16)21(15-26-23)17-8-12-27-11-2-5-20(27)14-17/h1,3-4,6-7,9-10,13-15,20,26H,2,5,8,11-12H2/t20-/m0/s1. The molecule has 1 aromatic carbocycles. The van der Waals surface area contributed by atoms with E-state index in [1.807, 2.05) is 30.6 Å². The number of halogens is 1. The fourth-order valence-corrected chi connectivity index (χ4v) is 4.68. The van der Waals surface area contributed by atoms with Crippen LogP contribution < -0.4 is 0 Å². The van der Waals surface area contributed by atoms with Crippen molar-refractivity contribution in [2.75, 3.05) is 13.1 Å². The van der Waals surface area contributed by atoms with Gasteiger partial charge in [-0.15, -0.1) is 0 Å². The van der Waals surface area contributed by atoms with Crippen molar-refractivity contribution in [2.45, 2.75) is 25.3 Å². The van der Waals surface area contributed by atoms with Crippen LogP contribution in [0.5, 0.6) is 0 Å². The van der Waals surface area contributed by atoms with Crippen LogP contribution >= 0.6 is 11.6 Å². The summed E-state index contributed by atoms with van der Waals surface area (Å²) in [7, 11) is 0. The molecule has 3 aromatic rings. The van der Waals surface area contributed by atoms with Gasteiger partial charge in [0.05, 0.1) is 5.69 Å². The molecule has 1 atom stereocenters. The molecule has 1 saturated heterocycles. The summed E-state index contributed by atoms with van der Waals surface area (Å²) in [6.07, 6.45) is 12.1. The molecule has 4 heterocycles. The summed E-state index contributed by atoms with van der Waals surface area (Å²) in [5, 5.41) is 0.753. The van der Waals surface area contributed by atoms with Crippen LogP contribution in [0, 0.1) is 0 Å². The molecule has 5 rings (SSSR count). The van der Waals surface area contributed by atoms with E-state index in [4.69, 9.17) is 11.6 Å². The van der Waals surface area contributed by atoms with Crippen LogP contribution in [0.15, 0.2) is 61.1 Å². The molecule has 2 aliphatic heterocycles. The number of H-pyrrole nitrogens is 1. The van der Waals surface area contributed by atoms with Gasteiger partial charge >= 0.3 is 0 Å². The predicted molar refractivity (Wildman–Crippen MR) is 112 cm³/mol. The van der Waals surface area contributed by atoms with Gasteiger partial charge in [0.2, 0.25) is 0 Å². The van der Waals surface area contributed by atoms with E-state index in [2.05, 4.69) is 45.3 Å². The lowest BCUT2D eigenvalue weighted by molar-refractivity contribution is 0.288. The Bertz CT molecular complexity index is 990. The van der Waals surface area contributed by atoms with Crippen molar-refractivity contribution in [2.24, 2.45) is 0 Å². The van der Waals surface area contributed by atoms with Gasteiger partial charge < -0.3 is 4.98 Å². The Hall–Kier alpha value is -2.36. The van der Waals surface area contributed by atoms with Crippen LogP contribution in [0.1, 0.15) is 24.8 Å². The van der Waals surface area contributed by atoms with E-state index in [0.29, 0.717) is 6.04 Å². The molecule has 27 heavy (non-hydrogen) atoms. The minimum absolute atomic E-state index is 0.601. The highest BCUT2D eigenvalue weighted by Crippen LogP contribution is 2.41. The lowest BCUT2D eigenvalue weighted by atomic mass is 9.90. The van der Waals surface area contributed by atoms with E-state index < -0.39 is 0 Å². The molecule has 0 saturated carbocycles. The van der Waals surface area contributed by atoms with Crippen molar-refractivity contribution in [3.05, 3.63) is 71.7 Å². The quantitative estimate of drug-likeness (QED) is 0.641. The van der Waals surface area contributed by atoms with Crippen molar-refractivity contribution >= 4 is 17.2 Å². The van der Waals surface area contributed by atoms with Gasteiger partial charge in [-0.2, -0.15) is 0 Å². The van der Waals surface area contributed by atoms with Crippen LogP contribution in [-0.4, -0.2) is 34.0 Å². The summed E-state index contributed by atoms with van der Waals surface area (Å²) in [4.78, 5) is 10.4. The topological polar surface area (TPSA) is 31.9 Å². The maximum atomic E-state index is 6.27. The molecule has 0 unspecified atom stereocenters. The smallest absolute Gasteiger partial charge is 0.0540 e. The van der Waals surface area contributed by atoms with E-state index in [9.17, 15) is 0 Å². The Balaban J connectivity index is 1.66. The maximum absolute atomic E-state index is 6.27. The summed E-state index contributed by atoms with van der Waals surface area (Å²) in [6, 6.07) is 12.8. The second kappa shape index (κ2) is 6.99. The van der Waals surface area contributed by atoms with Gasteiger partial charge in [0.15, 0.2) is 0 Å². The number of aromatic nitrogens is 2. The number of nitrogens with one attached hydrogen (secondary N) is 1. The average Bonchev–Trinajstić information content (AvgIpc) is 3.35. The largest absolute Gasteiger partial charge is 0.360 e. The zero-order chi connectivity index (χ0) is 18.2. The first-order valence-electron chi connectivity index (χ1n) is 9.62. The van der Waals surface area contributed by atoms with Gasteiger partial charge in [-0.3, -0.25) is 9.88 Å². The van der Waals surface area contributed by atoms with E-state index in [1.165, 1.54) is 41.6 Å². The zero-order valence-corrected chi connectivity index (χ0v) is 15.9. The highest BCUT2D eigenvalue weighted by Gasteiger charge is 2.28. The summed E-state index contributed by atoms with van der Waals surface area (Å²) in [6.45, 7) is 2.40.